The van der Waals surface area contributed by atoms with E-state index < -0.39 is 0 Å². The van der Waals surface area contributed by atoms with Crippen LogP contribution in [-0.4, -0.2) is 35.1 Å². The Morgan fingerprint density at radius 1 is 0.950 bits per heavy atom. The molecule has 0 radical (unpaired) electrons. The number of hydrogen-bond donors (Lipinski definition) is 1. The first-order chi connectivity index (χ1) is 9.88. The van der Waals surface area contributed by atoms with Crippen molar-refractivity contribution in [3.05, 3.63) is 0 Å². The molecule has 0 amide bonds. The molecule has 2 atom stereocenters. The van der Waals surface area contributed by atoms with Crippen LogP contribution < -0.4 is 5.32 Å². The monoisotopic (exact) mass is 317 g/mol. The normalized spacial score (nSPS) is 21.0. The highest BCUT2D eigenvalue weighted by molar-refractivity contribution is 8.06. The largest absolute Gasteiger partial charge is 0.313 e. The van der Waals surface area contributed by atoms with Crippen LogP contribution in [0, 0.1) is 0 Å². The number of nitrogens with one attached hydrogen (secondary N) is 1. The Bertz CT molecular complexity index is 205. The molecule has 0 saturated carbocycles. The zero-order valence-electron chi connectivity index (χ0n) is 13.7. The quantitative estimate of drug-likeness (QED) is 0.488. The van der Waals surface area contributed by atoms with Gasteiger partial charge in [0, 0.05) is 28.6 Å². The van der Waals surface area contributed by atoms with Gasteiger partial charge in [-0.15, -0.1) is 0 Å². The number of unbranched alkanes of at least 4 members (excludes halogenated alkanes) is 6. The van der Waals surface area contributed by atoms with Crippen LogP contribution in [-0.2, 0) is 0 Å². The molecular formula is C17H35NS2. The van der Waals surface area contributed by atoms with Crippen LogP contribution in [0.15, 0.2) is 0 Å². The van der Waals surface area contributed by atoms with E-state index in [2.05, 4.69) is 42.7 Å². The standard InChI is InChI=1S/C17H35NS2/c1-3-5-6-7-8-9-10-11-16(18-12-4-2)17-15-19-13-14-20-17/h16-18H,3-15H2,1-2H3. The second-order valence-corrected chi connectivity index (χ2v) is 8.45. The first-order valence-corrected chi connectivity index (χ1v) is 11.0. The third-order valence-electron chi connectivity index (χ3n) is 4.07. The van der Waals surface area contributed by atoms with E-state index in [1.165, 1.54) is 81.6 Å². The van der Waals surface area contributed by atoms with Crippen molar-refractivity contribution in [2.45, 2.75) is 82.9 Å². The minimum absolute atomic E-state index is 0.767. The van der Waals surface area contributed by atoms with Crippen LogP contribution in [0.5, 0.6) is 0 Å². The Kier molecular flexibility index (Phi) is 12.5. The van der Waals surface area contributed by atoms with Gasteiger partial charge in [-0.05, 0) is 19.4 Å². The lowest BCUT2D eigenvalue weighted by atomic mass is 10.0. The van der Waals surface area contributed by atoms with Crippen molar-refractivity contribution in [3.8, 4) is 0 Å². The van der Waals surface area contributed by atoms with Gasteiger partial charge >= 0.3 is 0 Å². The van der Waals surface area contributed by atoms with Crippen molar-refractivity contribution in [3.63, 3.8) is 0 Å². The summed E-state index contributed by atoms with van der Waals surface area (Å²) in [5, 5.41) is 4.68. The molecule has 0 aromatic heterocycles. The van der Waals surface area contributed by atoms with Gasteiger partial charge in [-0.2, -0.15) is 23.5 Å². The molecule has 2 unspecified atom stereocenters. The van der Waals surface area contributed by atoms with Crippen molar-refractivity contribution in [2.24, 2.45) is 0 Å². The summed E-state index contributed by atoms with van der Waals surface area (Å²) in [7, 11) is 0. The summed E-state index contributed by atoms with van der Waals surface area (Å²) in [4.78, 5) is 0. The summed E-state index contributed by atoms with van der Waals surface area (Å²) >= 11 is 4.37. The molecular weight excluding hydrogens is 282 g/mol. The van der Waals surface area contributed by atoms with Gasteiger partial charge < -0.3 is 5.32 Å². The molecule has 1 aliphatic heterocycles. The minimum atomic E-state index is 0.767. The van der Waals surface area contributed by atoms with Gasteiger partial charge in [-0.1, -0.05) is 58.8 Å². The summed E-state index contributed by atoms with van der Waals surface area (Å²) in [6.45, 7) is 5.77. The summed E-state index contributed by atoms with van der Waals surface area (Å²) in [5.41, 5.74) is 0. The van der Waals surface area contributed by atoms with Crippen LogP contribution in [0.2, 0.25) is 0 Å². The lowest BCUT2D eigenvalue weighted by Gasteiger charge is -2.30. The Balaban J connectivity index is 2.12. The van der Waals surface area contributed by atoms with Crippen LogP contribution >= 0.6 is 23.5 Å². The average Bonchev–Trinajstić information content (AvgIpc) is 2.50. The van der Waals surface area contributed by atoms with E-state index in [1.54, 1.807) is 0 Å². The van der Waals surface area contributed by atoms with Gasteiger partial charge in [0.2, 0.25) is 0 Å². The van der Waals surface area contributed by atoms with Gasteiger partial charge in [0.1, 0.15) is 0 Å². The van der Waals surface area contributed by atoms with Crippen molar-refractivity contribution >= 4 is 23.5 Å². The highest BCUT2D eigenvalue weighted by atomic mass is 32.2. The number of rotatable bonds is 12. The highest BCUT2D eigenvalue weighted by Crippen LogP contribution is 2.28. The van der Waals surface area contributed by atoms with E-state index in [1.807, 2.05) is 0 Å². The molecule has 120 valence electrons. The molecule has 1 heterocycles. The molecule has 0 spiro atoms. The van der Waals surface area contributed by atoms with Gasteiger partial charge in [0.05, 0.1) is 0 Å². The third-order valence-corrected chi connectivity index (χ3v) is 6.99. The highest BCUT2D eigenvalue weighted by Gasteiger charge is 2.23. The molecule has 0 aliphatic carbocycles. The molecule has 1 N–H and O–H groups in total. The fourth-order valence-electron chi connectivity index (χ4n) is 2.81. The maximum Gasteiger partial charge on any atom is 0.0291 e. The lowest BCUT2D eigenvalue weighted by Crippen LogP contribution is -2.41. The molecule has 1 fully saturated rings. The number of hydrogen-bond acceptors (Lipinski definition) is 3. The maximum absolute atomic E-state index is 3.82. The summed E-state index contributed by atoms with van der Waals surface area (Å²) < 4.78 is 0. The van der Waals surface area contributed by atoms with E-state index in [-0.39, 0.29) is 0 Å². The second-order valence-electron chi connectivity index (χ2n) is 5.95. The second kappa shape index (κ2) is 13.3. The zero-order valence-corrected chi connectivity index (χ0v) is 15.3. The van der Waals surface area contributed by atoms with Gasteiger partial charge in [-0.25, -0.2) is 0 Å². The SMILES string of the molecule is CCCCCCCCCC(NCCC)C1CSCCS1. The molecule has 1 aliphatic rings. The Morgan fingerprint density at radius 2 is 1.70 bits per heavy atom. The third kappa shape index (κ3) is 8.84. The predicted octanol–water partition coefficient (Wildman–Crippen LogP) is 5.34. The van der Waals surface area contributed by atoms with Crippen LogP contribution in [0.25, 0.3) is 0 Å². The molecule has 0 bridgehead atoms. The van der Waals surface area contributed by atoms with E-state index in [0.717, 1.165) is 11.3 Å². The van der Waals surface area contributed by atoms with Crippen molar-refractivity contribution in [2.75, 3.05) is 23.8 Å². The predicted molar refractivity (Wildman–Crippen MR) is 98.3 cm³/mol. The topological polar surface area (TPSA) is 12.0 Å². The fourth-order valence-corrected chi connectivity index (χ4v) is 5.74. The van der Waals surface area contributed by atoms with Gasteiger partial charge in [0.15, 0.2) is 0 Å². The zero-order chi connectivity index (χ0) is 14.5. The van der Waals surface area contributed by atoms with E-state index >= 15 is 0 Å². The van der Waals surface area contributed by atoms with Crippen LogP contribution in [0.3, 0.4) is 0 Å². The van der Waals surface area contributed by atoms with Crippen molar-refractivity contribution < 1.29 is 0 Å². The molecule has 0 aromatic rings. The summed E-state index contributed by atoms with van der Waals surface area (Å²) in [5.74, 6) is 4.08. The molecule has 20 heavy (non-hydrogen) atoms. The average molecular weight is 318 g/mol. The Labute approximate surface area is 135 Å². The Hall–Kier alpha value is 0.660. The molecule has 1 rings (SSSR count). The van der Waals surface area contributed by atoms with E-state index in [4.69, 9.17) is 0 Å². The fraction of sp³-hybridized carbons (Fsp3) is 1.00. The first kappa shape index (κ1) is 18.7. The summed E-state index contributed by atoms with van der Waals surface area (Å²) in [6.07, 6.45) is 12.7. The van der Waals surface area contributed by atoms with Gasteiger partial charge in [-0.3, -0.25) is 0 Å². The Morgan fingerprint density at radius 3 is 2.35 bits per heavy atom. The van der Waals surface area contributed by atoms with Crippen LogP contribution in [0.4, 0.5) is 0 Å². The first-order valence-electron chi connectivity index (χ1n) is 8.81. The van der Waals surface area contributed by atoms with Crippen molar-refractivity contribution in [1.82, 2.24) is 5.32 Å². The maximum atomic E-state index is 3.82. The molecule has 1 saturated heterocycles. The van der Waals surface area contributed by atoms with Crippen LogP contribution in [0.1, 0.15) is 71.6 Å². The lowest BCUT2D eigenvalue weighted by molar-refractivity contribution is 0.450. The molecule has 1 nitrogen and oxygen atoms in total. The summed E-state index contributed by atoms with van der Waals surface area (Å²) in [6, 6.07) is 0.767. The van der Waals surface area contributed by atoms with E-state index in [0.29, 0.717) is 0 Å². The van der Waals surface area contributed by atoms with Crippen molar-refractivity contribution in [1.29, 1.82) is 0 Å². The molecule has 3 heteroatoms. The molecule has 0 aromatic carbocycles. The minimum Gasteiger partial charge on any atom is -0.313 e. The smallest absolute Gasteiger partial charge is 0.0291 e. The number of thioether (sulfide) groups is 2. The van der Waals surface area contributed by atoms with Gasteiger partial charge in [0.25, 0.3) is 0 Å². The van der Waals surface area contributed by atoms with E-state index in [9.17, 15) is 0 Å².